The van der Waals surface area contributed by atoms with Crippen LogP contribution in [0.3, 0.4) is 0 Å². The summed E-state index contributed by atoms with van der Waals surface area (Å²) in [5.41, 5.74) is -0.294. The van der Waals surface area contributed by atoms with Gasteiger partial charge in [-0.15, -0.1) is 0 Å². The Morgan fingerprint density at radius 1 is 0.667 bits per heavy atom. The first-order valence-corrected chi connectivity index (χ1v) is 9.87. The van der Waals surface area contributed by atoms with Crippen molar-refractivity contribution in [2.24, 2.45) is 5.92 Å². The molecule has 3 aromatic rings. The summed E-state index contributed by atoms with van der Waals surface area (Å²) >= 11 is 0. The van der Waals surface area contributed by atoms with Crippen molar-refractivity contribution in [2.45, 2.75) is 19.0 Å². The summed E-state index contributed by atoms with van der Waals surface area (Å²) in [6, 6.07) is 19.2. The minimum atomic E-state index is -4.61. The van der Waals surface area contributed by atoms with E-state index in [2.05, 4.69) is 0 Å². The Morgan fingerprint density at radius 3 is 1.97 bits per heavy atom. The Kier molecular flexibility index (Phi) is 7.86. The predicted molar refractivity (Wildman–Crippen MR) is 109 cm³/mol. The maximum Gasteiger partial charge on any atom is 0.416 e. The van der Waals surface area contributed by atoms with Gasteiger partial charge in [-0.3, -0.25) is 0 Å². The third-order valence-corrected chi connectivity index (χ3v) is 4.56. The van der Waals surface area contributed by atoms with Gasteiger partial charge in [0.15, 0.2) is 0 Å². The number of hydrogen-bond donors (Lipinski definition) is 0. The van der Waals surface area contributed by atoms with E-state index in [0.717, 1.165) is 24.3 Å². The Morgan fingerprint density at radius 2 is 1.33 bits per heavy atom. The lowest BCUT2D eigenvalue weighted by molar-refractivity contribution is -0.196. The van der Waals surface area contributed by atoms with Gasteiger partial charge < -0.3 is 14.2 Å². The highest BCUT2D eigenvalue weighted by molar-refractivity contribution is 5.33. The molecule has 3 aromatic carbocycles. The predicted octanol–water partition coefficient (Wildman–Crippen LogP) is 7.27. The van der Waals surface area contributed by atoms with Crippen molar-refractivity contribution in [2.75, 3.05) is 13.2 Å². The highest BCUT2D eigenvalue weighted by Crippen LogP contribution is 2.31. The van der Waals surface area contributed by atoms with Gasteiger partial charge in [-0.25, -0.2) is 0 Å². The fourth-order valence-electron chi connectivity index (χ4n) is 2.82. The second kappa shape index (κ2) is 10.6. The number of alkyl halides is 6. The fraction of sp³-hybridized carbons (Fsp3) is 0.250. The van der Waals surface area contributed by atoms with Crippen LogP contribution in [0.15, 0.2) is 78.9 Å². The quantitative estimate of drug-likeness (QED) is 0.308. The van der Waals surface area contributed by atoms with E-state index in [4.69, 9.17) is 14.2 Å². The van der Waals surface area contributed by atoms with Gasteiger partial charge in [-0.2, -0.15) is 26.3 Å². The van der Waals surface area contributed by atoms with Crippen molar-refractivity contribution < 1.29 is 40.6 Å². The van der Waals surface area contributed by atoms with Gasteiger partial charge in [0, 0.05) is 0 Å². The van der Waals surface area contributed by atoms with Crippen LogP contribution in [0.25, 0.3) is 0 Å². The van der Waals surface area contributed by atoms with E-state index < -0.39 is 37.0 Å². The second-order valence-electron chi connectivity index (χ2n) is 7.15. The molecule has 0 radical (unpaired) electrons. The molecule has 0 spiro atoms. The molecule has 176 valence electrons. The van der Waals surface area contributed by atoms with Crippen molar-refractivity contribution in [1.82, 2.24) is 0 Å². The van der Waals surface area contributed by atoms with Crippen molar-refractivity contribution >= 4 is 0 Å². The molecule has 0 N–H and O–H groups in total. The van der Waals surface area contributed by atoms with Gasteiger partial charge in [0.2, 0.25) is 0 Å². The second-order valence-corrected chi connectivity index (χ2v) is 7.15. The zero-order valence-electron chi connectivity index (χ0n) is 17.2. The summed E-state index contributed by atoms with van der Waals surface area (Å²) in [5, 5.41) is 0. The standard InChI is InChI=1S/C24H20F6O3/c25-23(26,27)18-9-11-20(12-10-18)32-16-19(24(28,29)30)15-31-14-17-5-4-8-22(13-17)33-21-6-2-1-3-7-21/h1-13,19H,14-16H2. The van der Waals surface area contributed by atoms with Crippen LogP contribution in [0.4, 0.5) is 26.3 Å². The minimum absolute atomic E-state index is 0.0845. The van der Waals surface area contributed by atoms with E-state index >= 15 is 0 Å². The summed E-state index contributed by atoms with van der Waals surface area (Å²) in [6.45, 7) is -1.54. The first-order chi connectivity index (χ1) is 15.6. The molecule has 9 heteroatoms. The molecule has 0 saturated carbocycles. The molecule has 0 aromatic heterocycles. The third kappa shape index (κ3) is 7.71. The summed E-state index contributed by atoms with van der Waals surface area (Å²) in [7, 11) is 0. The van der Waals surface area contributed by atoms with Crippen LogP contribution in [-0.4, -0.2) is 19.4 Å². The van der Waals surface area contributed by atoms with Crippen molar-refractivity contribution in [1.29, 1.82) is 0 Å². The summed E-state index contributed by atoms with van der Waals surface area (Å²) in [5.74, 6) is -0.917. The van der Waals surface area contributed by atoms with Crippen molar-refractivity contribution in [3.63, 3.8) is 0 Å². The molecule has 0 aliphatic rings. The van der Waals surface area contributed by atoms with Gasteiger partial charge in [-0.1, -0.05) is 30.3 Å². The molecule has 0 heterocycles. The SMILES string of the molecule is FC(F)(F)c1ccc(OCC(COCc2cccc(Oc3ccccc3)c2)C(F)(F)F)cc1. The number of hydrogen-bond acceptors (Lipinski definition) is 3. The van der Waals surface area contributed by atoms with E-state index in [-0.39, 0.29) is 12.4 Å². The number of rotatable bonds is 9. The van der Waals surface area contributed by atoms with Crippen LogP contribution in [0.2, 0.25) is 0 Å². The van der Waals surface area contributed by atoms with Gasteiger partial charge in [0.05, 0.1) is 18.8 Å². The molecule has 0 aliphatic heterocycles. The molecule has 0 amide bonds. The molecular weight excluding hydrogens is 450 g/mol. The minimum Gasteiger partial charge on any atom is -0.493 e. The number of ether oxygens (including phenoxy) is 3. The summed E-state index contributed by atoms with van der Waals surface area (Å²) in [4.78, 5) is 0. The fourth-order valence-corrected chi connectivity index (χ4v) is 2.82. The van der Waals surface area contributed by atoms with Crippen molar-refractivity contribution in [3.8, 4) is 17.2 Å². The molecule has 1 unspecified atom stereocenters. The topological polar surface area (TPSA) is 27.7 Å². The Labute approximate surface area is 186 Å². The first kappa shape index (κ1) is 24.4. The molecule has 0 bridgehead atoms. The molecule has 3 nitrogen and oxygen atoms in total. The van der Waals surface area contributed by atoms with Gasteiger partial charge in [0.25, 0.3) is 0 Å². The maximum absolute atomic E-state index is 13.3. The van der Waals surface area contributed by atoms with Crippen LogP contribution in [0.5, 0.6) is 17.2 Å². The zero-order valence-corrected chi connectivity index (χ0v) is 17.2. The average Bonchev–Trinajstić information content (AvgIpc) is 2.76. The van der Waals surface area contributed by atoms with Crippen LogP contribution in [-0.2, 0) is 17.5 Å². The number of para-hydroxylation sites is 1. The smallest absolute Gasteiger partial charge is 0.416 e. The van der Waals surface area contributed by atoms with Crippen molar-refractivity contribution in [3.05, 3.63) is 90.0 Å². The summed E-state index contributed by atoms with van der Waals surface area (Å²) in [6.07, 6.45) is -9.14. The Balaban J connectivity index is 1.53. The van der Waals surface area contributed by atoms with E-state index in [1.54, 1.807) is 36.4 Å². The third-order valence-electron chi connectivity index (χ3n) is 4.56. The molecule has 3 rings (SSSR count). The monoisotopic (exact) mass is 470 g/mol. The molecule has 1 atom stereocenters. The summed E-state index contributed by atoms with van der Waals surface area (Å²) < 4.78 is 93.8. The normalized spacial score (nSPS) is 12.9. The van der Waals surface area contributed by atoms with Gasteiger partial charge in [0.1, 0.15) is 29.8 Å². The lowest BCUT2D eigenvalue weighted by atomic mass is 10.1. The molecule has 0 saturated heterocycles. The van der Waals surface area contributed by atoms with Crippen LogP contribution >= 0.6 is 0 Å². The average molecular weight is 470 g/mol. The maximum atomic E-state index is 13.3. The lowest BCUT2D eigenvalue weighted by Gasteiger charge is -2.21. The van der Waals surface area contributed by atoms with Crippen LogP contribution in [0, 0.1) is 5.92 Å². The molecule has 33 heavy (non-hydrogen) atoms. The molecular formula is C24H20F6O3. The highest BCUT2D eigenvalue weighted by Gasteiger charge is 2.40. The van der Waals surface area contributed by atoms with Crippen LogP contribution < -0.4 is 9.47 Å². The van der Waals surface area contributed by atoms with Gasteiger partial charge >= 0.3 is 12.4 Å². The Hall–Kier alpha value is -3.20. The highest BCUT2D eigenvalue weighted by atomic mass is 19.4. The van der Waals surface area contributed by atoms with E-state index in [9.17, 15) is 26.3 Å². The van der Waals surface area contributed by atoms with Gasteiger partial charge in [-0.05, 0) is 54.1 Å². The molecule has 0 fully saturated rings. The lowest BCUT2D eigenvalue weighted by Crippen LogP contribution is -2.32. The largest absolute Gasteiger partial charge is 0.493 e. The van der Waals surface area contributed by atoms with E-state index in [1.165, 1.54) is 0 Å². The van der Waals surface area contributed by atoms with Crippen LogP contribution in [0.1, 0.15) is 11.1 Å². The Bertz CT molecular complexity index is 1000. The number of halogens is 6. The van der Waals surface area contributed by atoms with E-state index in [0.29, 0.717) is 17.1 Å². The number of benzene rings is 3. The molecule has 0 aliphatic carbocycles. The van der Waals surface area contributed by atoms with E-state index in [1.807, 2.05) is 18.2 Å². The zero-order chi connectivity index (χ0) is 23.9. The first-order valence-electron chi connectivity index (χ1n) is 9.87.